The Kier molecular flexibility index (Phi) is 6.36. The van der Waals surface area contributed by atoms with Crippen molar-refractivity contribution in [3.63, 3.8) is 0 Å². The molecular weight excluding hydrogens is 232 g/mol. The van der Waals surface area contributed by atoms with Crippen LogP contribution in [0.4, 0.5) is 5.00 Å². The van der Waals surface area contributed by atoms with E-state index >= 15 is 0 Å². The van der Waals surface area contributed by atoms with Crippen molar-refractivity contribution in [2.75, 3.05) is 25.5 Å². The van der Waals surface area contributed by atoms with Crippen molar-refractivity contribution in [1.29, 1.82) is 0 Å². The van der Waals surface area contributed by atoms with Gasteiger partial charge in [-0.1, -0.05) is 0 Å². The topological polar surface area (TPSA) is 32.3 Å². The molecular formula is C10H17ClN2OS. The van der Waals surface area contributed by atoms with Gasteiger partial charge < -0.3 is 10.2 Å². The number of carbonyl (C=O) groups excluding carboxylic acids is 1. The summed E-state index contributed by atoms with van der Waals surface area (Å²) < 4.78 is 0. The van der Waals surface area contributed by atoms with Crippen LogP contribution in [0.2, 0.25) is 0 Å². The van der Waals surface area contributed by atoms with E-state index < -0.39 is 0 Å². The van der Waals surface area contributed by atoms with Crippen molar-refractivity contribution >= 4 is 34.7 Å². The lowest BCUT2D eigenvalue weighted by atomic mass is 10.4. The average Bonchev–Trinajstić information content (AvgIpc) is 2.67. The molecule has 1 N–H and O–H groups in total. The van der Waals surface area contributed by atoms with Gasteiger partial charge in [-0.3, -0.25) is 4.79 Å². The molecule has 1 aromatic rings. The first kappa shape index (κ1) is 14.3. The van der Waals surface area contributed by atoms with Crippen LogP contribution in [0.15, 0.2) is 12.1 Å². The summed E-state index contributed by atoms with van der Waals surface area (Å²) in [7, 11) is 1.86. The highest BCUT2D eigenvalue weighted by Crippen LogP contribution is 2.22. The smallest absolute Gasteiger partial charge is 0.263 e. The number of hydrogen-bond acceptors (Lipinski definition) is 3. The molecule has 0 aliphatic heterocycles. The third-order valence-corrected chi connectivity index (χ3v) is 3.20. The SMILES string of the molecule is CCN(CC)C(=O)c1ccc(NC)s1.Cl. The molecule has 0 aliphatic rings. The Labute approximate surface area is 101 Å². The maximum absolute atomic E-state index is 11.8. The Morgan fingerprint density at radius 1 is 1.40 bits per heavy atom. The van der Waals surface area contributed by atoms with Crippen molar-refractivity contribution in [2.45, 2.75) is 13.8 Å². The van der Waals surface area contributed by atoms with E-state index in [0.717, 1.165) is 23.0 Å². The van der Waals surface area contributed by atoms with Crippen LogP contribution < -0.4 is 5.32 Å². The van der Waals surface area contributed by atoms with Crippen LogP contribution in [0.25, 0.3) is 0 Å². The lowest BCUT2D eigenvalue weighted by Gasteiger charge is -2.17. The molecule has 1 heterocycles. The zero-order chi connectivity index (χ0) is 10.6. The standard InChI is InChI=1S/C10H16N2OS.ClH/c1-4-12(5-2)10(13)8-6-7-9(11-3)14-8;/h6-7,11H,4-5H2,1-3H3;1H. The maximum Gasteiger partial charge on any atom is 0.263 e. The fourth-order valence-electron chi connectivity index (χ4n) is 1.25. The predicted molar refractivity (Wildman–Crippen MR) is 68.4 cm³/mol. The molecule has 15 heavy (non-hydrogen) atoms. The monoisotopic (exact) mass is 248 g/mol. The quantitative estimate of drug-likeness (QED) is 0.889. The Bertz CT molecular complexity index is 310. The molecule has 0 bridgehead atoms. The molecule has 0 radical (unpaired) electrons. The number of rotatable bonds is 4. The largest absolute Gasteiger partial charge is 0.380 e. The predicted octanol–water partition coefficient (Wildman–Crippen LogP) is 2.69. The van der Waals surface area contributed by atoms with Gasteiger partial charge in [0.1, 0.15) is 0 Å². The highest BCUT2D eigenvalue weighted by Gasteiger charge is 2.14. The van der Waals surface area contributed by atoms with Crippen LogP contribution in [-0.2, 0) is 0 Å². The van der Waals surface area contributed by atoms with Gasteiger partial charge in [0.05, 0.1) is 9.88 Å². The van der Waals surface area contributed by atoms with Crippen LogP contribution in [0.5, 0.6) is 0 Å². The van der Waals surface area contributed by atoms with Crippen molar-refractivity contribution in [2.24, 2.45) is 0 Å². The summed E-state index contributed by atoms with van der Waals surface area (Å²) in [5.41, 5.74) is 0. The summed E-state index contributed by atoms with van der Waals surface area (Å²) in [4.78, 5) is 14.5. The number of amides is 1. The summed E-state index contributed by atoms with van der Waals surface area (Å²) in [5, 5.41) is 4.05. The molecule has 5 heteroatoms. The average molecular weight is 249 g/mol. The van der Waals surface area contributed by atoms with Gasteiger partial charge in [-0.15, -0.1) is 23.7 Å². The molecule has 1 aromatic heterocycles. The summed E-state index contributed by atoms with van der Waals surface area (Å²) in [6, 6.07) is 3.80. The summed E-state index contributed by atoms with van der Waals surface area (Å²) in [5.74, 6) is 0.126. The van der Waals surface area contributed by atoms with E-state index in [1.54, 1.807) is 0 Å². The van der Waals surface area contributed by atoms with E-state index in [1.165, 1.54) is 11.3 Å². The Hall–Kier alpha value is -0.740. The summed E-state index contributed by atoms with van der Waals surface area (Å²) >= 11 is 1.50. The molecule has 0 aliphatic carbocycles. The molecule has 0 spiro atoms. The Morgan fingerprint density at radius 3 is 2.40 bits per heavy atom. The molecule has 3 nitrogen and oxygen atoms in total. The van der Waals surface area contributed by atoms with Crippen molar-refractivity contribution in [3.8, 4) is 0 Å². The van der Waals surface area contributed by atoms with Gasteiger partial charge in [-0.05, 0) is 26.0 Å². The van der Waals surface area contributed by atoms with Crippen LogP contribution in [0, 0.1) is 0 Å². The third kappa shape index (κ3) is 3.39. The Morgan fingerprint density at radius 2 is 2.00 bits per heavy atom. The maximum atomic E-state index is 11.8. The molecule has 0 saturated heterocycles. The second-order valence-corrected chi connectivity index (χ2v) is 3.98. The first-order valence-corrected chi connectivity index (χ1v) is 5.61. The molecule has 1 amide bonds. The molecule has 1 rings (SSSR count). The van der Waals surface area contributed by atoms with Crippen LogP contribution in [0.3, 0.4) is 0 Å². The zero-order valence-corrected chi connectivity index (χ0v) is 10.9. The Balaban J connectivity index is 0.00000196. The normalized spacial score (nSPS) is 9.27. The van der Waals surface area contributed by atoms with Crippen LogP contribution >= 0.6 is 23.7 Å². The van der Waals surface area contributed by atoms with Gasteiger partial charge in [-0.25, -0.2) is 0 Å². The lowest BCUT2D eigenvalue weighted by Crippen LogP contribution is -2.29. The van der Waals surface area contributed by atoms with E-state index in [9.17, 15) is 4.79 Å². The molecule has 0 fully saturated rings. The van der Waals surface area contributed by atoms with Crippen LogP contribution in [-0.4, -0.2) is 30.9 Å². The minimum absolute atomic E-state index is 0. The summed E-state index contributed by atoms with van der Waals surface area (Å²) in [6.07, 6.45) is 0. The molecule has 0 unspecified atom stereocenters. The summed E-state index contributed by atoms with van der Waals surface area (Å²) in [6.45, 7) is 5.52. The van der Waals surface area contributed by atoms with Gasteiger partial charge in [0.2, 0.25) is 0 Å². The number of nitrogens with zero attached hydrogens (tertiary/aromatic N) is 1. The highest BCUT2D eigenvalue weighted by molar-refractivity contribution is 7.17. The zero-order valence-electron chi connectivity index (χ0n) is 9.24. The number of hydrogen-bond donors (Lipinski definition) is 1. The number of carbonyl (C=O) groups is 1. The molecule has 86 valence electrons. The first-order valence-electron chi connectivity index (χ1n) is 4.79. The third-order valence-electron chi connectivity index (χ3n) is 2.11. The fourth-order valence-corrected chi connectivity index (χ4v) is 2.08. The molecule has 0 saturated carbocycles. The van der Waals surface area contributed by atoms with Crippen molar-refractivity contribution in [1.82, 2.24) is 4.90 Å². The number of thiophene rings is 1. The van der Waals surface area contributed by atoms with Crippen molar-refractivity contribution in [3.05, 3.63) is 17.0 Å². The van der Waals surface area contributed by atoms with E-state index in [1.807, 2.05) is 37.9 Å². The number of nitrogens with one attached hydrogen (secondary N) is 1. The number of halogens is 1. The van der Waals surface area contributed by atoms with Gasteiger partial charge in [0.25, 0.3) is 5.91 Å². The van der Waals surface area contributed by atoms with Crippen molar-refractivity contribution < 1.29 is 4.79 Å². The lowest BCUT2D eigenvalue weighted by molar-refractivity contribution is 0.0778. The van der Waals surface area contributed by atoms with Gasteiger partial charge in [0.15, 0.2) is 0 Å². The highest BCUT2D eigenvalue weighted by atomic mass is 35.5. The molecule has 0 aromatic carbocycles. The second kappa shape index (κ2) is 6.69. The minimum atomic E-state index is 0. The van der Waals surface area contributed by atoms with Gasteiger partial charge in [0, 0.05) is 20.1 Å². The van der Waals surface area contributed by atoms with Gasteiger partial charge in [-0.2, -0.15) is 0 Å². The van der Waals surface area contributed by atoms with E-state index in [2.05, 4.69) is 5.32 Å². The second-order valence-electron chi connectivity index (χ2n) is 2.89. The van der Waals surface area contributed by atoms with Gasteiger partial charge >= 0.3 is 0 Å². The van der Waals surface area contributed by atoms with E-state index in [4.69, 9.17) is 0 Å². The van der Waals surface area contributed by atoms with E-state index in [-0.39, 0.29) is 18.3 Å². The van der Waals surface area contributed by atoms with E-state index in [0.29, 0.717) is 0 Å². The first-order chi connectivity index (χ1) is 6.72. The van der Waals surface area contributed by atoms with Crippen LogP contribution in [0.1, 0.15) is 23.5 Å². The minimum Gasteiger partial charge on any atom is -0.380 e. The number of anilines is 1. The fraction of sp³-hybridized carbons (Fsp3) is 0.500. The molecule has 0 atom stereocenters.